The van der Waals surface area contributed by atoms with E-state index in [1.165, 1.54) is 81.7 Å². The van der Waals surface area contributed by atoms with Crippen molar-refractivity contribution in [1.82, 2.24) is 19.5 Å². The third-order valence-corrected chi connectivity index (χ3v) is 19.1. The molecule has 0 unspecified atom stereocenters. The van der Waals surface area contributed by atoms with Gasteiger partial charge in [-0.2, -0.15) is 11.3 Å². The van der Waals surface area contributed by atoms with Gasteiger partial charge in [0.25, 0.3) is 0 Å². The fraction of sp³-hybridized carbons (Fsp3) is 0.210. The summed E-state index contributed by atoms with van der Waals surface area (Å²) >= 11 is -0.172. The number of fused-ring (bicyclic) bond motifs is 9. The maximum Gasteiger partial charge on any atom is 0.114 e. The van der Waals surface area contributed by atoms with E-state index in [1.54, 1.807) is 17.4 Å². The van der Waals surface area contributed by atoms with Crippen molar-refractivity contribution < 1.29 is 24.5 Å². The number of aryl methyl sites for hydroxylation is 3. The second kappa shape index (κ2) is 19.4. The molecule has 11 aromatic rings. The van der Waals surface area contributed by atoms with Crippen LogP contribution in [0.2, 0.25) is 17.3 Å². The Labute approximate surface area is 431 Å². The van der Waals surface area contributed by atoms with Crippen molar-refractivity contribution in [1.29, 1.82) is 0 Å². The number of rotatable bonds is 8. The number of halogens is 1. The van der Waals surface area contributed by atoms with Crippen LogP contribution in [-0.4, -0.2) is 32.8 Å². The molecule has 0 saturated carbocycles. The number of imidazole rings is 1. The Morgan fingerprint density at radius 1 is 0.700 bits per heavy atom. The molecular weight excluding hydrogens is 1120 g/mol. The molecule has 11 rings (SSSR count). The van der Waals surface area contributed by atoms with Crippen LogP contribution in [0.3, 0.4) is 0 Å². The first-order valence-corrected chi connectivity index (χ1v) is 32.1. The predicted molar refractivity (Wildman–Crippen MR) is 294 cm³/mol. The molecule has 7 aromatic carbocycles. The summed E-state index contributed by atoms with van der Waals surface area (Å²) in [6.07, 6.45) is 3.11. The molecule has 0 amide bonds. The Morgan fingerprint density at radius 3 is 2.01 bits per heavy atom. The molecule has 8 heteroatoms. The standard InChI is InChI=1S/C44H34N3S.C18H23FGeN.Ir/c1-26-22-23-35(41-37(26)34-24-25-36(45-43(34)48-41)44(4,5)29-16-7-6-8-17-29)42-46-38-32-20-11-9-18-30(32)31-19-10-12-21-33(31)40(38)47(42)39-27(2)14-13-15-28(39)3;1-13(2)10-15-11-18(14-6-8-16(19)9-7-14)21-12-17(15)20(3,4)5;/h6-22,24-25H,1-5H3;6,8-9,11-13H,10H2,1-5H3;/q2*-1;. The molecule has 70 heavy (non-hydrogen) atoms. The predicted octanol–water partition coefficient (Wildman–Crippen LogP) is 16.2. The van der Waals surface area contributed by atoms with Gasteiger partial charge in [-0.1, -0.05) is 135 Å². The van der Waals surface area contributed by atoms with Gasteiger partial charge in [-0.05, 0) is 52.1 Å². The number of hydrogen-bond acceptors (Lipinski definition) is 4. The molecule has 4 nitrogen and oxygen atoms in total. The SMILES string of the molecule is CC(C)Cc1cc(-c2[c-]cc(F)cc2)nc[c]1[Ge]([CH3])([CH3])[CH3].Cc1cccc(C)c1-n1c(-c2[c-]cc(C)c3c2sc2nc(C(C)(C)c4ccccc4)ccc23)nc2c3ccccc3c3ccccc3c21.[Ir]. The summed E-state index contributed by atoms with van der Waals surface area (Å²) in [6.45, 7) is 15.6. The molecule has 0 fully saturated rings. The Morgan fingerprint density at radius 2 is 1.36 bits per heavy atom. The zero-order valence-corrected chi connectivity index (χ0v) is 46.9. The van der Waals surface area contributed by atoms with E-state index in [1.807, 2.05) is 6.20 Å². The summed E-state index contributed by atoms with van der Waals surface area (Å²) in [5.74, 6) is 8.44. The summed E-state index contributed by atoms with van der Waals surface area (Å²) in [5.41, 5.74) is 13.2. The topological polar surface area (TPSA) is 43.6 Å². The molecule has 0 spiro atoms. The van der Waals surface area contributed by atoms with E-state index in [2.05, 4.69) is 209 Å². The first kappa shape index (κ1) is 49.2. The second-order valence-electron chi connectivity index (χ2n) is 20.5. The summed E-state index contributed by atoms with van der Waals surface area (Å²) in [4.78, 5) is 16.6. The molecule has 1 radical (unpaired) electrons. The quantitative estimate of drug-likeness (QED) is 0.0865. The van der Waals surface area contributed by atoms with Crippen LogP contribution in [0.5, 0.6) is 0 Å². The number of aromatic nitrogens is 4. The van der Waals surface area contributed by atoms with Crippen LogP contribution in [0.1, 0.15) is 61.2 Å². The van der Waals surface area contributed by atoms with Gasteiger partial charge < -0.3 is 4.57 Å². The smallest absolute Gasteiger partial charge is 0.114 e. The van der Waals surface area contributed by atoms with Gasteiger partial charge in [0, 0.05) is 47.4 Å². The summed E-state index contributed by atoms with van der Waals surface area (Å²) in [7, 11) is 0. The van der Waals surface area contributed by atoms with Gasteiger partial charge in [0.1, 0.15) is 4.83 Å². The number of nitrogens with zero attached hydrogens (tertiary/aromatic N) is 4. The van der Waals surface area contributed by atoms with E-state index in [-0.39, 0.29) is 31.3 Å². The Hall–Kier alpha value is -5.83. The summed E-state index contributed by atoms with van der Waals surface area (Å²) in [5, 5.41) is 7.22. The summed E-state index contributed by atoms with van der Waals surface area (Å²) < 4.78 is 18.1. The van der Waals surface area contributed by atoms with E-state index in [0.717, 1.165) is 56.0 Å². The van der Waals surface area contributed by atoms with E-state index >= 15 is 0 Å². The molecule has 0 bridgehead atoms. The van der Waals surface area contributed by atoms with Crippen LogP contribution in [0.25, 0.3) is 81.2 Å². The van der Waals surface area contributed by atoms with Gasteiger partial charge in [-0.3, -0.25) is 4.98 Å². The van der Waals surface area contributed by atoms with Crippen molar-refractivity contribution in [3.05, 3.63) is 197 Å². The number of benzene rings is 7. The molecule has 0 saturated heterocycles. The molecule has 4 heterocycles. The fourth-order valence-electron chi connectivity index (χ4n) is 10.1. The zero-order chi connectivity index (χ0) is 48.4. The summed E-state index contributed by atoms with van der Waals surface area (Å²) in [6, 6.07) is 54.7. The minimum absolute atomic E-state index is 0. The van der Waals surface area contributed by atoms with Crippen molar-refractivity contribution >= 4 is 81.9 Å². The molecule has 353 valence electrons. The molecule has 0 atom stereocenters. The number of hydrogen-bond donors (Lipinski definition) is 0. The average Bonchev–Trinajstić information content (AvgIpc) is 3.92. The van der Waals surface area contributed by atoms with Crippen LogP contribution in [-0.2, 0) is 31.9 Å². The normalized spacial score (nSPS) is 12.0. The minimum atomic E-state index is -1.93. The largest absolute Gasteiger partial charge is 0.332 e. The molecule has 0 aliphatic heterocycles. The van der Waals surface area contributed by atoms with Gasteiger partial charge in [0.2, 0.25) is 0 Å². The number of pyridine rings is 2. The van der Waals surface area contributed by atoms with Gasteiger partial charge in [-0.15, -0.1) is 17.7 Å². The molecule has 4 aromatic heterocycles. The van der Waals surface area contributed by atoms with Gasteiger partial charge >= 0.3 is 130 Å². The number of thiophene rings is 1. The second-order valence-corrected chi connectivity index (χ2v) is 32.1. The van der Waals surface area contributed by atoms with Crippen LogP contribution >= 0.6 is 11.3 Å². The Bertz CT molecular complexity index is 3720. The first-order chi connectivity index (χ1) is 33.1. The third-order valence-electron chi connectivity index (χ3n) is 13.6. The van der Waals surface area contributed by atoms with Gasteiger partial charge in [0.05, 0.1) is 22.6 Å². The maximum atomic E-state index is 13.0. The van der Waals surface area contributed by atoms with Crippen molar-refractivity contribution in [3.8, 4) is 28.3 Å². The zero-order valence-electron chi connectivity index (χ0n) is 41.5. The minimum Gasteiger partial charge on any atom is -0.332 e. The van der Waals surface area contributed by atoms with Gasteiger partial charge in [-0.25, -0.2) is 4.98 Å². The van der Waals surface area contributed by atoms with Crippen molar-refractivity contribution in [2.24, 2.45) is 5.92 Å². The Kier molecular flexibility index (Phi) is 13.6. The molecule has 0 N–H and O–H groups in total. The first-order valence-electron chi connectivity index (χ1n) is 24.0. The Balaban J connectivity index is 0.000000234. The van der Waals surface area contributed by atoms with Crippen molar-refractivity contribution in [3.63, 3.8) is 0 Å². The average molecular weight is 1170 g/mol. The van der Waals surface area contributed by atoms with E-state index in [9.17, 15) is 4.39 Å². The maximum absolute atomic E-state index is 13.0. The van der Waals surface area contributed by atoms with E-state index < -0.39 is 13.3 Å². The van der Waals surface area contributed by atoms with Crippen LogP contribution in [0.15, 0.2) is 146 Å². The van der Waals surface area contributed by atoms with Gasteiger partial charge in [0.15, 0.2) is 0 Å². The van der Waals surface area contributed by atoms with Crippen LogP contribution < -0.4 is 4.40 Å². The van der Waals surface area contributed by atoms with Crippen LogP contribution in [0, 0.1) is 44.6 Å². The van der Waals surface area contributed by atoms with Crippen molar-refractivity contribution in [2.75, 3.05) is 0 Å². The fourth-order valence-corrected chi connectivity index (χ4v) is 14.7. The third kappa shape index (κ3) is 8.96. The molecule has 0 aliphatic carbocycles. The monoisotopic (exact) mass is 1180 g/mol. The van der Waals surface area contributed by atoms with Crippen LogP contribution in [0.4, 0.5) is 4.39 Å². The molecular formula is C62H57FGeIrN4S-2. The van der Waals surface area contributed by atoms with E-state index in [0.29, 0.717) is 5.92 Å². The number of para-hydroxylation sites is 1. The van der Waals surface area contributed by atoms with Crippen molar-refractivity contribution in [2.45, 2.75) is 77.6 Å². The molecule has 0 aliphatic rings. The van der Waals surface area contributed by atoms with E-state index in [4.69, 9.17) is 9.97 Å².